The molecule has 0 amide bonds. The fraction of sp³-hybridized carbons (Fsp3) is 0.857. The van der Waals surface area contributed by atoms with Gasteiger partial charge in [0, 0.05) is 6.42 Å². The first-order chi connectivity index (χ1) is 8.90. The highest BCUT2D eigenvalue weighted by molar-refractivity contribution is 4.95. The summed E-state index contributed by atoms with van der Waals surface area (Å²) in [5, 5.41) is 7.45. The second kappa shape index (κ2) is 7.52. The van der Waals surface area contributed by atoms with Crippen molar-refractivity contribution in [2.75, 3.05) is 6.54 Å². The van der Waals surface area contributed by atoms with E-state index >= 15 is 0 Å². The first kappa shape index (κ1) is 13.5. The summed E-state index contributed by atoms with van der Waals surface area (Å²) in [6.45, 7) is 3.32. The van der Waals surface area contributed by atoms with Gasteiger partial charge in [-0.3, -0.25) is 0 Å². The van der Waals surface area contributed by atoms with Crippen molar-refractivity contribution in [3.8, 4) is 0 Å². The van der Waals surface area contributed by atoms with Gasteiger partial charge in [0.05, 0.1) is 6.04 Å². The molecular formula is C14H25N3O. The van der Waals surface area contributed by atoms with E-state index in [1.807, 2.05) is 0 Å². The zero-order valence-corrected chi connectivity index (χ0v) is 11.5. The predicted molar refractivity (Wildman–Crippen MR) is 71.4 cm³/mol. The molecule has 0 radical (unpaired) electrons. The number of aryl methyl sites for hydroxylation is 1. The molecule has 0 unspecified atom stereocenters. The summed E-state index contributed by atoms with van der Waals surface area (Å²) in [5.74, 6) is 1.67. The van der Waals surface area contributed by atoms with Crippen molar-refractivity contribution in [1.29, 1.82) is 0 Å². The summed E-state index contributed by atoms with van der Waals surface area (Å²) in [4.78, 5) is 4.49. The van der Waals surface area contributed by atoms with Crippen molar-refractivity contribution in [3.63, 3.8) is 0 Å². The fourth-order valence-electron chi connectivity index (χ4n) is 2.47. The summed E-state index contributed by atoms with van der Waals surface area (Å²) < 4.78 is 5.32. The molecule has 0 aromatic carbocycles. The zero-order valence-electron chi connectivity index (χ0n) is 11.5. The summed E-state index contributed by atoms with van der Waals surface area (Å²) in [6.07, 6.45) is 11.1. The number of nitrogens with one attached hydrogen (secondary N) is 1. The van der Waals surface area contributed by atoms with Crippen LogP contribution < -0.4 is 5.32 Å². The van der Waals surface area contributed by atoms with Crippen LogP contribution in [0.4, 0.5) is 0 Å². The van der Waals surface area contributed by atoms with Crippen LogP contribution in [0.15, 0.2) is 4.52 Å². The van der Waals surface area contributed by atoms with E-state index in [-0.39, 0.29) is 0 Å². The van der Waals surface area contributed by atoms with Crippen LogP contribution in [0, 0.1) is 0 Å². The lowest BCUT2D eigenvalue weighted by atomic mass is 10.1. The van der Waals surface area contributed by atoms with E-state index in [0.717, 1.165) is 31.1 Å². The van der Waals surface area contributed by atoms with Gasteiger partial charge in [-0.25, -0.2) is 0 Å². The lowest BCUT2D eigenvalue weighted by molar-refractivity contribution is 0.340. The maximum atomic E-state index is 5.32. The Morgan fingerprint density at radius 3 is 2.83 bits per heavy atom. The lowest BCUT2D eigenvalue weighted by Gasteiger charge is -2.01. The Hall–Kier alpha value is -0.900. The van der Waals surface area contributed by atoms with Gasteiger partial charge in [-0.2, -0.15) is 4.98 Å². The molecule has 18 heavy (non-hydrogen) atoms. The first-order valence-corrected chi connectivity index (χ1v) is 7.46. The van der Waals surface area contributed by atoms with E-state index in [0.29, 0.717) is 6.04 Å². The van der Waals surface area contributed by atoms with E-state index in [4.69, 9.17) is 4.52 Å². The minimum absolute atomic E-state index is 0.302. The Balaban J connectivity index is 1.64. The van der Waals surface area contributed by atoms with E-state index in [2.05, 4.69) is 22.4 Å². The molecular weight excluding hydrogens is 226 g/mol. The number of nitrogens with zero attached hydrogens (tertiary/aromatic N) is 2. The topological polar surface area (TPSA) is 51.0 Å². The number of unbranched alkanes of at least 4 members (excludes halogenated alkanes) is 5. The van der Waals surface area contributed by atoms with Gasteiger partial charge in [-0.05, 0) is 25.8 Å². The second-order valence-electron chi connectivity index (χ2n) is 5.22. The third kappa shape index (κ3) is 4.09. The average Bonchev–Trinajstić information content (AvgIpc) is 3.03. The standard InChI is InChI=1S/C14H25N3O/c1-2-3-4-5-6-7-10-13-16-14(18-17-13)12-9-8-11-15-12/h12,15H,2-11H2,1H3/t12-/m0/s1. The molecule has 1 atom stereocenters. The molecule has 102 valence electrons. The Kier molecular flexibility index (Phi) is 5.65. The van der Waals surface area contributed by atoms with Gasteiger partial charge in [-0.15, -0.1) is 0 Å². The zero-order chi connectivity index (χ0) is 12.6. The van der Waals surface area contributed by atoms with Crippen LogP contribution in [0.2, 0.25) is 0 Å². The molecule has 1 fully saturated rings. The molecule has 1 aromatic rings. The van der Waals surface area contributed by atoms with E-state index in [9.17, 15) is 0 Å². The summed E-state index contributed by atoms with van der Waals surface area (Å²) >= 11 is 0. The van der Waals surface area contributed by atoms with Gasteiger partial charge in [0.1, 0.15) is 0 Å². The molecule has 0 saturated carbocycles. The number of hydrogen-bond acceptors (Lipinski definition) is 4. The average molecular weight is 251 g/mol. The van der Waals surface area contributed by atoms with Gasteiger partial charge in [0.15, 0.2) is 5.82 Å². The third-order valence-corrected chi connectivity index (χ3v) is 3.60. The minimum atomic E-state index is 0.302. The molecule has 0 spiro atoms. The normalized spacial score (nSPS) is 19.5. The second-order valence-corrected chi connectivity index (χ2v) is 5.22. The summed E-state index contributed by atoms with van der Waals surface area (Å²) in [6, 6.07) is 0.302. The maximum Gasteiger partial charge on any atom is 0.243 e. The smallest absolute Gasteiger partial charge is 0.243 e. The minimum Gasteiger partial charge on any atom is -0.338 e. The monoisotopic (exact) mass is 251 g/mol. The quantitative estimate of drug-likeness (QED) is 0.719. The molecule has 2 rings (SSSR count). The van der Waals surface area contributed by atoms with Crippen molar-refractivity contribution in [1.82, 2.24) is 15.5 Å². The highest BCUT2D eigenvalue weighted by Crippen LogP contribution is 2.21. The molecule has 1 saturated heterocycles. The van der Waals surface area contributed by atoms with Crippen LogP contribution in [0.25, 0.3) is 0 Å². The van der Waals surface area contributed by atoms with Crippen LogP contribution in [0.5, 0.6) is 0 Å². The molecule has 1 N–H and O–H groups in total. The largest absolute Gasteiger partial charge is 0.338 e. The van der Waals surface area contributed by atoms with Gasteiger partial charge in [0.25, 0.3) is 0 Å². The highest BCUT2D eigenvalue weighted by atomic mass is 16.5. The number of aromatic nitrogens is 2. The van der Waals surface area contributed by atoms with Crippen molar-refractivity contribution in [2.24, 2.45) is 0 Å². The highest BCUT2D eigenvalue weighted by Gasteiger charge is 2.21. The maximum absolute atomic E-state index is 5.32. The summed E-state index contributed by atoms with van der Waals surface area (Å²) in [5.41, 5.74) is 0. The van der Waals surface area contributed by atoms with Gasteiger partial charge in [0.2, 0.25) is 5.89 Å². The molecule has 4 heteroatoms. The van der Waals surface area contributed by atoms with E-state index in [1.54, 1.807) is 0 Å². The van der Waals surface area contributed by atoms with Gasteiger partial charge < -0.3 is 9.84 Å². The van der Waals surface area contributed by atoms with Crippen molar-refractivity contribution >= 4 is 0 Å². The van der Waals surface area contributed by atoms with Crippen molar-refractivity contribution in [3.05, 3.63) is 11.7 Å². The number of hydrogen-bond donors (Lipinski definition) is 1. The molecule has 0 aliphatic carbocycles. The number of rotatable bonds is 8. The Labute approximate surface area is 110 Å². The van der Waals surface area contributed by atoms with Crippen molar-refractivity contribution in [2.45, 2.75) is 70.8 Å². The van der Waals surface area contributed by atoms with E-state index in [1.165, 1.54) is 44.9 Å². The van der Waals surface area contributed by atoms with Crippen LogP contribution in [0.3, 0.4) is 0 Å². The van der Waals surface area contributed by atoms with Crippen LogP contribution in [-0.4, -0.2) is 16.7 Å². The van der Waals surface area contributed by atoms with E-state index < -0.39 is 0 Å². The SMILES string of the molecule is CCCCCCCCc1noc([C@@H]2CCCN2)n1. The molecule has 2 heterocycles. The first-order valence-electron chi connectivity index (χ1n) is 7.46. The van der Waals surface area contributed by atoms with Crippen LogP contribution in [0.1, 0.15) is 76.0 Å². The van der Waals surface area contributed by atoms with Crippen LogP contribution >= 0.6 is 0 Å². The molecule has 4 nitrogen and oxygen atoms in total. The third-order valence-electron chi connectivity index (χ3n) is 3.60. The molecule has 1 aliphatic heterocycles. The Bertz CT molecular complexity index is 332. The Morgan fingerprint density at radius 1 is 1.22 bits per heavy atom. The molecule has 1 aliphatic rings. The van der Waals surface area contributed by atoms with Crippen LogP contribution in [-0.2, 0) is 6.42 Å². The van der Waals surface area contributed by atoms with Gasteiger partial charge in [-0.1, -0.05) is 44.2 Å². The van der Waals surface area contributed by atoms with Gasteiger partial charge >= 0.3 is 0 Å². The fourth-order valence-corrected chi connectivity index (χ4v) is 2.47. The predicted octanol–water partition coefficient (Wildman–Crippen LogP) is 3.40. The summed E-state index contributed by atoms with van der Waals surface area (Å²) in [7, 11) is 0. The molecule has 1 aromatic heterocycles. The lowest BCUT2D eigenvalue weighted by Crippen LogP contribution is -2.13. The molecule has 0 bridgehead atoms. The Morgan fingerprint density at radius 2 is 2.06 bits per heavy atom. The van der Waals surface area contributed by atoms with Crippen molar-refractivity contribution < 1.29 is 4.52 Å².